The van der Waals surface area contributed by atoms with Gasteiger partial charge in [-0.3, -0.25) is 0 Å². The number of aromatic nitrogens is 3. The molecule has 0 bridgehead atoms. The topological polar surface area (TPSA) is 50.7 Å². The highest BCUT2D eigenvalue weighted by Gasteiger charge is 1.99. The van der Waals surface area contributed by atoms with Crippen LogP contribution in [0, 0.1) is 25.7 Å². The molecule has 4 nitrogen and oxygen atoms in total. The quantitative estimate of drug-likeness (QED) is 0.577. The Morgan fingerprint density at radius 2 is 2.00 bits per heavy atom. The van der Waals surface area contributed by atoms with Crippen molar-refractivity contribution >= 4 is 5.95 Å². The van der Waals surface area contributed by atoms with Gasteiger partial charge in [-0.25, -0.2) is 4.98 Å². The lowest BCUT2D eigenvalue weighted by Crippen LogP contribution is -2.07. The third-order valence-corrected chi connectivity index (χ3v) is 1.80. The SMILES string of the molecule is CC#CCCNc1nnc(C)c(C)n1. The second-order valence-corrected chi connectivity index (χ2v) is 2.91. The van der Waals surface area contributed by atoms with Crippen molar-refractivity contribution in [2.45, 2.75) is 27.2 Å². The van der Waals surface area contributed by atoms with Crippen LogP contribution >= 0.6 is 0 Å². The van der Waals surface area contributed by atoms with Crippen LogP contribution in [0.15, 0.2) is 0 Å². The molecular weight excluding hydrogens is 176 g/mol. The van der Waals surface area contributed by atoms with Crippen molar-refractivity contribution in [1.29, 1.82) is 0 Å². The van der Waals surface area contributed by atoms with Crippen LogP contribution in [-0.4, -0.2) is 21.7 Å². The summed E-state index contributed by atoms with van der Waals surface area (Å²) in [5.74, 6) is 6.36. The van der Waals surface area contributed by atoms with Crippen molar-refractivity contribution in [3.8, 4) is 11.8 Å². The minimum absolute atomic E-state index is 0.575. The highest BCUT2D eigenvalue weighted by Crippen LogP contribution is 2.01. The molecule has 1 N–H and O–H groups in total. The average Bonchev–Trinajstić information content (AvgIpc) is 2.18. The Kier molecular flexibility index (Phi) is 3.86. The normalized spacial score (nSPS) is 9.07. The van der Waals surface area contributed by atoms with Crippen molar-refractivity contribution in [1.82, 2.24) is 15.2 Å². The molecule has 1 heterocycles. The molecule has 0 aliphatic rings. The van der Waals surface area contributed by atoms with E-state index >= 15 is 0 Å². The van der Waals surface area contributed by atoms with Crippen molar-refractivity contribution in [2.24, 2.45) is 0 Å². The van der Waals surface area contributed by atoms with Crippen LogP contribution < -0.4 is 5.32 Å². The van der Waals surface area contributed by atoms with Gasteiger partial charge in [0.25, 0.3) is 0 Å². The number of aryl methyl sites for hydroxylation is 2. The van der Waals surface area contributed by atoms with Crippen molar-refractivity contribution in [3.63, 3.8) is 0 Å². The summed E-state index contributed by atoms with van der Waals surface area (Å²) in [6, 6.07) is 0. The van der Waals surface area contributed by atoms with Crippen LogP contribution in [0.2, 0.25) is 0 Å². The Labute approximate surface area is 84.2 Å². The minimum atomic E-state index is 0.575. The number of rotatable bonds is 3. The van der Waals surface area contributed by atoms with Crippen LogP contribution in [-0.2, 0) is 0 Å². The Morgan fingerprint density at radius 3 is 2.64 bits per heavy atom. The predicted octanol–water partition coefficient (Wildman–Crippen LogP) is 1.31. The first-order chi connectivity index (χ1) is 6.74. The third kappa shape index (κ3) is 3.02. The Balaban J connectivity index is 2.50. The van der Waals surface area contributed by atoms with Gasteiger partial charge in [0.15, 0.2) is 0 Å². The summed E-state index contributed by atoms with van der Waals surface area (Å²) < 4.78 is 0. The van der Waals surface area contributed by atoms with E-state index in [9.17, 15) is 0 Å². The Hall–Kier alpha value is -1.63. The molecule has 74 valence electrons. The van der Waals surface area contributed by atoms with E-state index in [0.717, 1.165) is 24.4 Å². The van der Waals surface area contributed by atoms with E-state index in [2.05, 4.69) is 32.3 Å². The molecule has 14 heavy (non-hydrogen) atoms. The molecule has 0 radical (unpaired) electrons. The lowest BCUT2D eigenvalue weighted by Gasteiger charge is -2.02. The van der Waals surface area contributed by atoms with Gasteiger partial charge in [-0.2, -0.15) is 5.10 Å². The Morgan fingerprint density at radius 1 is 1.21 bits per heavy atom. The fourth-order valence-corrected chi connectivity index (χ4v) is 0.894. The predicted molar refractivity (Wildman–Crippen MR) is 55.9 cm³/mol. The second-order valence-electron chi connectivity index (χ2n) is 2.91. The van der Waals surface area contributed by atoms with Crippen LogP contribution in [0.1, 0.15) is 24.7 Å². The standard InChI is InChI=1S/C10H14N4/c1-4-5-6-7-11-10-12-8(2)9(3)13-14-10/h6-7H2,1-3H3,(H,11,12,14). The molecule has 0 fully saturated rings. The molecular formula is C10H14N4. The van der Waals surface area contributed by atoms with Gasteiger partial charge in [0, 0.05) is 13.0 Å². The van der Waals surface area contributed by atoms with Crippen LogP contribution in [0.25, 0.3) is 0 Å². The fourth-order valence-electron chi connectivity index (χ4n) is 0.894. The molecule has 0 atom stereocenters. The van der Waals surface area contributed by atoms with E-state index in [0.29, 0.717) is 5.95 Å². The van der Waals surface area contributed by atoms with Gasteiger partial charge in [-0.05, 0) is 20.8 Å². The van der Waals surface area contributed by atoms with E-state index in [1.807, 2.05) is 20.8 Å². The van der Waals surface area contributed by atoms with Crippen LogP contribution in [0.4, 0.5) is 5.95 Å². The molecule has 1 rings (SSSR count). The average molecular weight is 190 g/mol. The van der Waals surface area contributed by atoms with Crippen LogP contribution in [0.5, 0.6) is 0 Å². The first-order valence-corrected chi connectivity index (χ1v) is 4.55. The van der Waals surface area contributed by atoms with E-state index in [1.165, 1.54) is 0 Å². The first-order valence-electron chi connectivity index (χ1n) is 4.55. The molecule has 0 aliphatic carbocycles. The lowest BCUT2D eigenvalue weighted by molar-refractivity contribution is 0.884. The number of anilines is 1. The molecule has 0 saturated carbocycles. The number of nitrogens with one attached hydrogen (secondary N) is 1. The number of hydrogen-bond donors (Lipinski definition) is 1. The molecule has 1 aromatic heterocycles. The highest BCUT2D eigenvalue weighted by atomic mass is 15.2. The summed E-state index contributed by atoms with van der Waals surface area (Å²) >= 11 is 0. The lowest BCUT2D eigenvalue weighted by atomic mass is 10.4. The summed E-state index contributed by atoms with van der Waals surface area (Å²) in [6.45, 7) is 6.39. The fraction of sp³-hybridized carbons (Fsp3) is 0.500. The zero-order valence-corrected chi connectivity index (χ0v) is 8.76. The summed E-state index contributed by atoms with van der Waals surface area (Å²) in [6.07, 6.45) is 0.798. The third-order valence-electron chi connectivity index (χ3n) is 1.80. The van der Waals surface area contributed by atoms with Crippen molar-refractivity contribution < 1.29 is 0 Å². The second kappa shape index (κ2) is 5.18. The molecule has 4 heteroatoms. The van der Waals surface area contributed by atoms with E-state index in [-0.39, 0.29) is 0 Å². The molecule has 0 aliphatic heterocycles. The first kappa shape index (κ1) is 10.5. The van der Waals surface area contributed by atoms with Gasteiger partial charge in [0.2, 0.25) is 5.95 Å². The molecule has 0 saturated heterocycles. The maximum Gasteiger partial charge on any atom is 0.242 e. The number of nitrogens with zero attached hydrogens (tertiary/aromatic N) is 3. The van der Waals surface area contributed by atoms with Crippen molar-refractivity contribution in [2.75, 3.05) is 11.9 Å². The Bertz CT molecular complexity index is 362. The van der Waals surface area contributed by atoms with E-state index in [1.54, 1.807) is 0 Å². The largest absolute Gasteiger partial charge is 0.352 e. The smallest absolute Gasteiger partial charge is 0.242 e. The van der Waals surface area contributed by atoms with Gasteiger partial charge in [-0.15, -0.1) is 16.9 Å². The maximum atomic E-state index is 4.24. The summed E-state index contributed by atoms with van der Waals surface area (Å²) in [7, 11) is 0. The molecule has 0 aromatic carbocycles. The summed E-state index contributed by atoms with van der Waals surface area (Å²) in [5, 5.41) is 10.9. The van der Waals surface area contributed by atoms with Gasteiger partial charge in [-0.1, -0.05) is 0 Å². The molecule has 1 aromatic rings. The van der Waals surface area contributed by atoms with Crippen LogP contribution in [0.3, 0.4) is 0 Å². The molecule has 0 spiro atoms. The zero-order valence-electron chi connectivity index (χ0n) is 8.76. The van der Waals surface area contributed by atoms with Gasteiger partial charge >= 0.3 is 0 Å². The van der Waals surface area contributed by atoms with Gasteiger partial charge < -0.3 is 5.32 Å². The molecule has 0 amide bonds. The highest BCUT2D eigenvalue weighted by molar-refractivity contribution is 5.24. The van der Waals surface area contributed by atoms with E-state index in [4.69, 9.17) is 0 Å². The van der Waals surface area contributed by atoms with Gasteiger partial charge in [0.05, 0.1) is 11.4 Å². The minimum Gasteiger partial charge on any atom is -0.352 e. The van der Waals surface area contributed by atoms with E-state index < -0.39 is 0 Å². The summed E-state index contributed by atoms with van der Waals surface area (Å²) in [5.41, 5.74) is 1.77. The summed E-state index contributed by atoms with van der Waals surface area (Å²) in [4.78, 5) is 4.24. The molecule has 0 unspecified atom stereocenters. The number of hydrogen-bond acceptors (Lipinski definition) is 4. The van der Waals surface area contributed by atoms with Gasteiger partial charge in [0.1, 0.15) is 0 Å². The maximum absolute atomic E-state index is 4.24. The van der Waals surface area contributed by atoms with Crippen molar-refractivity contribution in [3.05, 3.63) is 11.4 Å². The monoisotopic (exact) mass is 190 g/mol. The zero-order chi connectivity index (χ0) is 10.4.